The molecule has 0 radical (unpaired) electrons. The number of amides is 1. The van der Waals surface area contributed by atoms with Gasteiger partial charge < -0.3 is 10.1 Å². The van der Waals surface area contributed by atoms with Crippen LogP contribution in [0.4, 0.5) is 5.69 Å². The molecule has 0 saturated carbocycles. The highest BCUT2D eigenvalue weighted by atomic mass is 35.5. The molecule has 0 bridgehead atoms. The van der Waals surface area contributed by atoms with Crippen molar-refractivity contribution in [3.05, 3.63) is 29.3 Å². The molecule has 1 aromatic carbocycles. The first-order chi connectivity index (χ1) is 9.59. The van der Waals surface area contributed by atoms with E-state index in [4.69, 9.17) is 16.3 Å². The number of nitrogens with zero attached hydrogens (tertiary/aromatic N) is 1. The Balaban J connectivity index is 1.84. The Morgan fingerprint density at radius 2 is 2.30 bits per heavy atom. The molecule has 2 atom stereocenters. The zero-order chi connectivity index (χ0) is 14.2. The summed E-state index contributed by atoms with van der Waals surface area (Å²) in [7, 11) is 0. The summed E-state index contributed by atoms with van der Waals surface area (Å²) in [5, 5.41) is 4.04. The number of benzene rings is 1. The molecule has 2 heterocycles. The van der Waals surface area contributed by atoms with Gasteiger partial charge in [-0.05, 0) is 25.5 Å². The van der Waals surface area contributed by atoms with Crippen molar-refractivity contribution in [2.45, 2.75) is 18.1 Å². The van der Waals surface area contributed by atoms with Gasteiger partial charge in [0.2, 0.25) is 5.91 Å². The summed E-state index contributed by atoms with van der Waals surface area (Å²) < 4.78 is 4.90. The van der Waals surface area contributed by atoms with Crippen LogP contribution < -0.4 is 5.32 Å². The highest BCUT2D eigenvalue weighted by Crippen LogP contribution is 2.42. The van der Waals surface area contributed by atoms with E-state index in [0.29, 0.717) is 22.5 Å². The van der Waals surface area contributed by atoms with Gasteiger partial charge in [0, 0.05) is 12.5 Å². The van der Waals surface area contributed by atoms with E-state index < -0.39 is 4.75 Å². The SMILES string of the molecule is C[C@@]1(C2CCOC2)SC(=Nc2ccccc2Cl)NC1=O. The van der Waals surface area contributed by atoms with Crippen molar-refractivity contribution < 1.29 is 9.53 Å². The predicted molar refractivity (Wildman–Crippen MR) is 81.6 cm³/mol. The third-order valence-corrected chi connectivity index (χ3v) is 5.41. The Morgan fingerprint density at radius 1 is 1.50 bits per heavy atom. The van der Waals surface area contributed by atoms with Gasteiger partial charge >= 0.3 is 0 Å². The second kappa shape index (κ2) is 5.39. The van der Waals surface area contributed by atoms with Crippen LogP contribution >= 0.6 is 23.4 Å². The van der Waals surface area contributed by atoms with Crippen molar-refractivity contribution in [3.63, 3.8) is 0 Å². The largest absolute Gasteiger partial charge is 0.381 e. The first kappa shape index (κ1) is 13.9. The summed E-state index contributed by atoms with van der Waals surface area (Å²) in [6, 6.07) is 7.34. The van der Waals surface area contributed by atoms with E-state index >= 15 is 0 Å². The molecule has 2 aliphatic heterocycles. The van der Waals surface area contributed by atoms with Gasteiger partial charge in [-0.3, -0.25) is 4.79 Å². The van der Waals surface area contributed by atoms with Crippen LogP contribution in [0, 0.1) is 5.92 Å². The van der Waals surface area contributed by atoms with Gasteiger partial charge in [0.1, 0.15) is 4.75 Å². The predicted octanol–water partition coefficient (Wildman–Crippen LogP) is 2.99. The number of hydrogen-bond acceptors (Lipinski definition) is 4. The number of amidine groups is 1. The molecule has 6 heteroatoms. The summed E-state index contributed by atoms with van der Waals surface area (Å²) in [6.45, 7) is 3.32. The van der Waals surface area contributed by atoms with Crippen LogP contribution in [0.25, 0.3) is 0 Å². The minimum atomic E-state index is -0.503. The lowest BCUT2D eigenvalue weighted by atomic mass is 9.92. The van der Waals surface area contributed by atoms with Crippen molar-refractivity contribution in [2.75, 3.05) is 13.2 Å². The molecule has 1 amide bonds. The molecule has 0 spiro atoms. The van der Waals surface area contributed by atoms with E-state index in [1.54, 1.807) is 6.07 Å². The molecule has 20 heavy (non-hydrogen) atoms. The fourth-order valence-electron chi connectivity index (χ4n) is 2.43. The Hall–Kier alpha value is -1.04. The number of thioether (sulfide) groups is 1. The van der Waals surface area contributed by atoms with Crippen LogP contribution in [0.15, 0.2) is 29.3 Å². The van der Waals surface area contributed by atoms with E-state index in [1.807, 2.05) is 25.1 Å². The summed E-state index contributed by atoms with van der Waals surface area (Å²) in [5.74, 6) is 0.232. The average molecular weight is 311 g/mol. The second-order valence-electron chi connectivity index (χ2n) is 5.09. The highest BCUT2D eigenvalue weighted by Gasteiger charge is 2.49. The number of carbonyl (C=O) groups excluding carboxylic acids is 1. The lowest BCUT2D eigenvalue weighted by Crippen LogP contribution is -2.40. The fraction of sp³-hybridized carbons (Fsp3) is 0.429. The van der Waals surface area contributed by atoms with Gasteiger partial charge in [0.25, 0.3) is 0 Å². The smallest absolute Gasteiger partial charge is 0.242 e. The van der Waals surface area contributed by atoms with Crippen molar-refractivity contribution >= 4 is 40.1 Å². The van der Waals surface area contributed by atoms with Gasteiger partial charge in [-0.25, -0.2) is 4.99 Å². The second-order valence-corrected chi connectivity index (χ2v) is 6.94. The summed E-state index contributed by atoms with van der Waals surface area (Å²) in [6.07, 6.45) is 0.913. The molecule has 0 aliphatic carbocycles. The van der Waals surface area contributed by atoms with E-state index in [9.17, 15) is 4.79 Å². The van der Waals surface area contributed by atoms with Gasteiger partial charge in [0.15, 0.2) is 5.17 Å². The minimum absolute atomic E-state index is 0.00352. The number of rotatable bonds is 2. The quantitative estimate of drug-likeness (QED) is 0.913. The molecule has 1 N–H and O–H groups in total. The van der Waals surface area contributed by atoms with Crippen LogP contribution in [0.5, 0.6) is 0 Å². The van der Waals surface area contributed by atoms with Crippen LogP contribution in [0.2, 0.25) is 5.02 Å². The standard InChI is InChI=1S/C14H15ClN2O2S/c1-14(9-6-7-19-8-9)12(18)17-13(20-14)16-11-5-3-2-4-10(11)15/h2-5,9H,6-8H2,1H3,(H,16,17,18)/t9?,14-/m0/s1. The number of para-hydroxylation sites is 1. The molecule has 2 aliphatic rings. The van der Waals surface area contributed by atoms with Crippen molar-refractivity contribution in [1.82, 2.24) is 5.32 Å². The van der Waals surface area contributed by atoms with Crippen molar-refractivity contribution in [1.29, 1.82) is 0 Å². The molecular formula is C14H15ClN2O2S. The number of aliphatic imine (C=N–C) groups is 1. The molecule has 2 fully saturated rings. The molecule has 106 valence electrons. The summed E-state index contributed by atoms with van der Waals surface area (Å²) in [5.41, 5.74) is 0.670. The molecule has 4 nitrogen and oxygen atoms in total. The lowest BCUT2D eigenvalue weighted by molar-refractivity contribution is -0.122. The zero-order valence-electron chi connectivity index (χ0n) is 11.1. The molecule has 3 rings (SSSR count). The number of hydrogen-bond donors (Lipinski definition) is 1. The van der Waals surface area contributed by atoms with Gasteiger partial charge in [-0.1, -0.05) is 35.5 Å². The van der Waals surface area contributed by atoms with Gasteiger partial charge in [-0.15, -0.1) is 0 Å². The molecule has 1 aromatic rings. The van der Waals surface area contributed by atoms with Gasteiger partial charge in [0.05, 0.1) is 17.3 Å². The Bertz CT molecular complexity index is 572. The molecule has 1 unspecified atom stereocenters. The molecular weight excluding hydrogens is 296 g/mol. The number of halogens is 1. The minimum Gasteiger partial charge on any atom is -0.381 e. The fourth-order valence-corrected chi connectivity index (χ4v) is 3.80. The van der Waals surface area contributed by atoms with Crippen LogP contribution in [0.3, 0.4) is 0 Å². The zero-order valence-corrected chi connectivity index (χ0v) is 12.6. The third-order valence-electron chi connectivity index (χ3n) is 3.76. The third kappa shape index (κ3) is 2.45. The maximum atomic E-state index is 12.3. The van der Waals surface area contributed by atoms with E-state index in [-0.39, 0.29) is 11.8 Å². The average Bonchev–Trinajstić information content (AvgIpc) is 3.03. The topological polar surface area (TPSA) is 50.7 Å². The lowest BCUT2D eigenvalue weighted by Gasteiger charge is -2.24. The van der Waals surface area contributed by atoms with E-state index in [1.165, 1.54) is 11.8 Å². The first-order valence-electron chi connectivity index (χ1n) is 6.51. The highest BCUT2D eigenvalue weighted by molar-refractivity contribution is 8.16. The van der Waals surface area contributed by atoms with E-state index in [2.05, 4.69) is 10.3 Å². The summed E-state index contributed by atoms with van der Waals surface area (Å²) >= 11 is 7.56. The Labute approximate surface area is 126 Å². The Morgan fingerprint density at radius 3 is 3.00 bits per heavy atom. The van der Waals surface area contributed by atoms with E-state index in [0.717, 1.165) is 13.0 Å². The first-order valence-corrected chi connectivity index (χ1v) is 7.70. The maximum absolute atomic E-state index is 12.3. The molecule has 0 aromatic heterocycles. The monoisotopic (exact) mass is 310 g/mol. The number of nitrogens with one attached hydrogen (secondary N) is 1. The maximum Gasteiger partial charge on any atom is 0.242 e. The van der Waals surface area contributed by atoms with Crippen molar-refractivity contribution in [3.8, 4) is 0 Å². The number of ether oxygens (including phenoxy) is 1. The van der Waals surface area contributed by atoms with Crippen LogP contribution in [-0.2, 0) is 9.53 Å². The summed E-state index contributed by atoms with van der Waals surface area (Å²) in [4.78, 5) is 16.7. The normalized spacial score (nSPS) is 31.8. The van der Waals surface area contributed by atoms with Gasteiger partial charge in [-0.2, -0.15) is 0 Å². The van der Waals surface area contributed by atoms with Crippen LogP contribution in [0.1, 0.15) is 13.3 Å². The number of carbonyl (C=O) groups is 1. The van der Waals surface area contributed by atoms with Crippen molar-refractivity contribution in [2.24, 2.45) is 10.9 Å². The molecule has 2 saturated heterocycles. The van der Waals surface area contributed by atoms with Crippen LogP contribution in [-0.4, -0.2) is 29.0 Å². The Kier molecular flexibility index (Phi) is 3.75.